The summed E-state index contributed by atoms with van der Waals surface area (Å²) in [5.74, 6) is -0.0624. The number of rotatable bonds is 3. The molecule has 1 aliphatic rings. The van der Waals surface area contributed by atoms with Crippen LogP contribution in [0.15, 0.2) is 48.8 Å². The van der Waals surface area contributed by atoms with Crippen molar-refractivity contribution in [2.45, 2.75) is 32.4 Å². The van der Waals surface area contributed by atoms with Crippen molar-refractivity contribution < 1.29 is 4.79 Å². The van der Waals surface area contributed by atoms with Crippen LogP contribution in [0, 0.1) is 6.92 Å². The Kier molecular flexibility index (Phi) is 3.65. The van der Waals surface area contributed by atoms with Gasteiger partial charge in [-0.3, -0.25) is 9.48 Å². The first-order chi connectivity index (χ1) is 11.7. The van der Waals surface area contributed by atoms with E-state index in [1.165, 1.54) is 5.69 Å². The Morgan fingerprint density at radius 1 is 1.21 bits per heavy atom. The number of aryl methyl sites for hydroxylation is 1. The van der Waals surface area contributed by atoms with E-state index >= 15 is 0 Å². The molecule has 1 aliphatic heterocycles. The van der Waals surface area contributed by atoms with Gasteiger partial charge in [-0.1, -0.05) is 18.2 Å². The number of nitrogens with zero attached hydrogens (tertiary/aromatic N) is 4. The number of benzene rings is 1. The maximum atomic E-state index is 12.6. The zero-order valence-electron chi connectivity index (χ0n) is 13.5. The molecule has 1 atom stereocenters. The molecule has 6 heteroatoms. The van der Waals surface area contributed by atoms with Crippen LogP contribution in [0.25, 0.3) is 5.69 Å². The van der Waals surface area contributed by atoms with Crippen LogP contribution >= 0.6 is 0 Å². The van der Waals surface area contributed by atoms with Gasteiger partial charge in [-0.25, -0.2) is 4.68 Å². The lowest BCUT2D eigenvalue weighted by Crippen LogP contribution is -2.40. The Morgan fingerprint density at radius 3 is 2.88 bits per heavy atom. The van der Waals surface area contributed by atoms with Crippen LogP contribution in [0.1, 0.15) is 28.2 Å². The first-order valence-corrected chi connectivity index (χ1v) is 8.14. The molecule has 0 fully saturated rings. The highest BCUT2D eigenvalue weighted by molar-refractivity contribution is 5.95. The van der Waals surface area contributed by atoms with E-state index in [0.717, 1.165) is 30.8 Å². The first kappa shape index (κ1) is 14.7. The fourth-order valence-corrected chi connectivity index (χ4v) is 3.22. The van der Waals surface area contributed by atoms with Crippen LogP contribution in [0.5, 0.6) is 0 Å². The number of amides is 1. The highest BCUT2D eigenvalue weighted by Crippen LogP contribution is 2.17. The van der Waals surface area contributed by atoms with E-state index in [-0.39, 0.29) is 11.9 Å². The van der Waals surface area contributed by atoms with Crippen LogP contribution in [0.2, 0.25) is 0 Å². The van der Waals surface area contributed by atoms with Gasteiger partial charge in [0.1, 0.15) is 0 Å². The molecule has 1 aromatic carbocycles. The second kappa shape index (κ2) is 5.96. The van der Waals surface area contributed by atoms with Crippen LogP contribution in [0.3, 0.4) is 0 Å². The van der Waals surface area contributed by atoms with Gasteiger partial charge >= 0.3 is 0 Å². The lowest BCUT2D eigenvalue weighted by molar-refractivity contribution is 0.0929. The quantitative estimate of drug-likeness (QED) is 0.803. The third-order valence-electron chi connectivity index (χ3n) is 4.54. The molecule has 1 amide bonds. The molecule has 6 nitrogen and oxygen atoms in total. The number of carbonyl (C=O) groups is 1. The van der Waals surface area contributed by atoms with Crippen molar-refractivity contribution in [3.05, 3.63) is 65.7 Å². The Morgan fingerprint density at radius 2 is 2.04 bits per heavy atom. The van der Waals surface area contributed by atoms with Gasteiger partial charge in [-0.05, 0) is 31.5 Å². The molecule has 0 unspecified atom stereocenters. The normalized spacial score (nSPS) is 16.6. The Bertz CT molecular complexity index is 865. The predicted molar refractivity (Wildman–Crippen MR) is 90.1 cm³/mol. The van der Waals surface area contributed by atoms with E-state index < -0.39 is 0 Å². The molecule has 3 heterocycles. The fraction of sp³-hybridized carbons (Fsp3) is 0.278. The molecule has 4 rings (SSSR count). The van der Waals surface area contributed by atoms with Crippen molar-refractivity contribution in [2.24, 2.45) is 0 Å². The molecular formula is C18H19N5O. The van der Waals surface area contributed by atoms with Crippen molar-refractivity contribution in [3.8, 4) is 5.69 Å². The summed E-state index contributed by atoms with van der Waals surface area (Å²) in [5, 5.41) is 11.8. The standard InChI is InChI=1S/C18H19N5O/c1-13-17(12-20-23(13)15-5-3-2-4-6-15)18(24)21-14-8-10-22-16(11-14)7-9-19-22/h2-7,9,12,14H,8,10-11H2,1H3,(H,21,24)/t14-/m1/s1. The monoisotopic (exact) mass is 321 g/mol. The molecule has 0 spiro atoms. The molecular weight excluding hydrogens is 302 g/mol. The van der Waals surface area contributed by atoms with Crippen molar-refractivity contribution in [3.63, 3.8) is 0 Å². The Labute approximate surface area is 140 Å². The van der Waals surface area contributed by atoms with E-state index in [2.05, 4.69) is 15.5 Å². The van der Waals surface area contributed by atoms with Gasteiger partial charge in [0, 0.05) is 30.9 Å². The number of aromatic nitrogens is 4. The van der Waals surface area contributed by atoms with Crippen LogP contribution in [-0.4, -0.2) is 31.5 Å². The summed E-state index contributed by atoms with van der Waals surface area (Å²) in [6, 6.07) is 12.0. The summed E-state index contributed by atoms with van der Waals surface area (Å²) in [5.41, 5.74) is 3.59. The molecule has 0 aliphatic carbocycles. The number of fused-ring (bicyclic) bond motifs is 1. The highest BCUT2D eigenvalue weighted by atomic mass is 16.1. The van der Waals surface area contributed by atoms with Crippen LogP contribution < -0.4 is 5.32 Å². The van der Waals surface area contributed by atoms with Crippen molar-refractivity contribution in [2.75, 3.05) is 0 Å². The van der Waals surface area contributed by atoms with Gasteiger partial charge in [0.15, 0.2) is 0 Å². The van der Waals surface area contributed by atoms with Crippen molar-refractivity contribution in [1.82, 2.24) is 24.9 Å². The summed E-state index contributed by atoms with van der Waals surface area (Å²) in [6.45, 7) is 2.76. The van der Waals surface area contributed by atoms with Gasteiger partial charge in [-0.2, -0.15) is 10.2 Å². The molecule has 3 aromatic rings. The maximum Gasteiger partial charge on any atom is 0.254 e. The SMILES string of the molecule is Cc1c(C(=O)N[C@@H]2CCn3nccc3C2)cnn1-c1ccccc1. The average molecular weight is 321 g/mol. The van der Waals surface area contributed by atoms with Gasteiger partial charge in [0.2, 0.25) is 0 Å². The van der Waals surface area contributed by atoms with Gasteiger partial charge in [0.25, 0.3) is 5.91 Å². The van der Waals surface area contributed by atoms with E-state index in [1.54, 1.807) is 10.9 Å². The summed E-state index contributed by atoms with van der Waals surface area (Å²) < 4.78 is 3.80. The molecule has 0 saturated carbocycles. The van der Waals surface area contributed by atoms with Crippen LogP contribution in [-0.2, 0) is 13.0 Å². The topological polar surface area (TPSA) is 64.7 Å². The second-order valence-electron chi connectivity index (χ2n) is 6.10. The van der Waals surface area contributed by atoms with E-state index in [9.17, 15) is 4.79 Å². The molecule has 122 valence electrons. The van der Waals surface area contributed by atoms with E-state index in [0.29, 0.717) is 5.56 Å². The van der Waals surface area contributed by atoms with Gasteiger partial charge in [0.05, 0.1) is 23.1 Å². The minimum atomic E-state index is -0.0624. The molecule has 24 heavy (non-hydrogen) atoms. The summed E-state index contributed by atoms with van der Waals surface area (Å²) in [6.07, 6.45) is 5.17. The molecule has 1 N–H and O–H groups in total. The molecule has 2 aromatic heterocycles. The first-order valence-electron chi connectivity index (χ1n) is 8.14. The smallest absolute Gasteiger partial charge is 0.254 e. The Hall–Kier alpha value is -2.89. The zero-order valence-corrected chi connectivity index (χ0v) is 13.5. The zero-order chi connectivity index (χ0) is 16.5. The minimum Gasteiger partial charge on any atom is -0.349 e. The Balaban J connectivity index is 1.51. The lowest BCUT2D eigenvalue weighted by Gasteiger charge is -2.24. The summed E-state index contributed by atoms with van der Waals surface area (Å²) >= 11 is 0. The van der Waals surface area contributed by atoms with Crippen molar-refractivity contribution in [1.29, 1.82) is 0 Å². The summed E-state index contributed by atoms with van der Waals surface area (Å²) in [7, 11) is 0. The number of nitrogens with one attached hydrogen (secondary N) is 1. The van der Waals surface area contributed by atoms with Gasteiger partial charge < -0.3 is 5.32 Å². The third-order valence-corrected chi connectivity index (χ3v) is 4.54. The largest absolute Gasteiger partial charge is 0.349 e. The lowest BCUT2D eigenvalue weighted by atomic mass is 10.0. The van der Waals surface area contributed by atoms with Crippen LogP contribution in [0.4, 0.5) is 0 Å². The van der Waals surface area contributed by atoms with E-state index in [1.807, 2.05) is 54.2 Å². The third kappa shape index (κ3) is 2.60. The fourth-order valence-electron chi connectivity index (χ4n) is 3.22. The predicted octanol–water partition coefficient (Wildman–Crippen LogP) is 2.12. The molecule has 0 bridgehead atoms. The highest BCUT2D eigenvalue weighted by Gasteiger charge is 2.23. The maximum absolute atomic E-state index is 12.6. The molecule has 0 saturated heterocycles. The van der Waals surface area contributed by atoms with Crippen molar-refractivity contribution >= 4 is 5.91 Å². The van der Waals surface area contributed by atoms with E-state index in [4.69, 9.17) is 0 Å². The number of hydrogen-bond acceptors (Lipinski definition) is 3. The average Bonchev–Trinajstić information content (AvgIpc) is 3.21. The number of carbonyl (C=O) groups excluding carboxylic acids is 1. The van der Waals surface area contributed by atoms with Gasteiger partial charge in [-0.15, -0.1) is 0 Å². The summed E-state index contributed by atoms with van der Waals surface area (Å²) in [4.78, 5) is 12.6. The second-order valence-corrected chi connectivity index (χ2v) is 6.10. The molecule has 0 radical (unpaired) electrons. The minimum absolute atomic E-state index is 0.0624. The number of para-hydroxylation sites is 1. The number of hydrogen-bond donors (Lipinski definition) is 1.